The second-order valence-electron chi connectivity index (χ2n) is 4.21. The maximum atomic E-state index is 5.81. The van der Waals surface area contributed by atoms with Gasteiger partial charge in [0.25, 0.3) is 0 Å². The van der Waals surface area contributed by atoms with Gasteiger partial charge >= 0.3 is 0 Å². The minimum Gasteiger partial charge on any atom is -0.497 e. The van der Waals surface area contributed by atoms with Crippen LogP contribution in [0.15, 0.2) is 42.5 Å². The van der Waals surface area contributed by atoms with Crippen LogP contribution in [0.1, 0.15) is 5.82 Å². The molecule has 1 aromatic carbocycles. The van der Waals surface area contributed by atoms with E-state index in [1.54, 1.807) is 17.7 Å². The molecule has 102 valence electrons. The lowest BCUT2D eigenvalue weighted by molar-refractivity contribution is 0.295. The Balaban J connectivity index is 1.74. The first-order chi connectivity index (χ1) is 9.76. The Morgan fingerprint density at radius 1 is 1.10 bits per heavy atom. The summed E-state index contributed by atoms with van der Waals surface area (Å²) in [4.78, 5) is 4.34. The fraction of sp³-hybridized carbons (Fsp3) is 0.143. The Kier molecular flexibility index (Phi) is 3.12. The van der Waals surface area contributed by atoms with Gasteiger partial charge in [-0.3, -0.25) is 0 Å². The van der Waals surface area contributed by atoms with Crippen LogP contribution in [0.3, 0.4) is 0 Å². The number of benzene rings is 1. The van der Waals surface area contributed by atoms with E-state index in [0.29, 0.717) is 17.3 Å². The number of pyridine rings is 1. The average molecular weight is 270 g/mol. The molecule has 3 aromatic rings. The van der Waals surface area contributed by atoms with Gasteiger partial charge in [-0.25, -0.2) is 4.98 Å². The average Bonchev–Trinajstić information content (AvgIpc) is 2.90. The van der Waals surface area contributed by atoms with Gasteiger partial charge in [0.1, 0.15) is 23.9 Å². The molecule has 0 spiro atoms. The molecule has 0 radical (unpaired) electrons. The third kappa shape index (κ3) is 2.35. The molecule has 0 aliphatic rings. The third-order valence-corrected chi connectivity index (χ3v) is 2.86. The molecule has 2 heterocycles. The number of rotatable bonds is 4. The molecule has 2 aromatic heterocycles. The number of fused-ring (bicyclic) bond motifs is 1. The van der Waals surface area contributed by atoms with Crippen molar-refractivity contribution in [1.29, 1.82) is 0 Å². The van der Waals surface area contributed by atoms with Crippen molar-refractivity contribution in [2.24, 2.45) is 0 Å². The highest BCUT2D eigenvalue weighted by Gasteiger charge is 2.06. The minimum atomic E-state index is 0.285. The number of methoxy groups -OCH3 is 1. The molecule has 6 heteroatoms. The summed E-state index contributed by atoms with van der Waals surface area (Å²) in [5.41, 5.74) is 6.52. The van der Waals surface area contributed by atoms with E-state index in [2.05, 4.69) is 10.1 Å². The molecule has 6 nitrogen and oxygen atoms in total. The molecule has 0 atom stereocenters. The lowest BCUT2D eigenvalue weighted by Crippen LogP contribution is -2.00. The summed E-state index contributed by atoms with van der Waals surface area (Å²) < 4.78 is 12.3. The SMILES string of the molecule is COc1ccc(OCc2nc3cccc(N)n3n2)cc1. The highest BCUT2D eigenvalue weighted by molar-refractivity contribution is 5.45. The molecule has 20 heavy (non-hydrogen) atoms. The summed E-state index contributed by atoms with van der Waals surface area (Å²) in [5.74, 6) is 2.65. The lowest BCUT2D eigenvalue weighted by atomic mass is 10.3. The van der Waals surface area contributed by atoms with Crippen LogP contribution in [0.4, 0.5) is 5.82 Å². The molecule has 0 fully saturated rings. The van der Waals surface area contributed by atoms with Crippen LogP contribution in [0.2, 0.25) is 0 Å². The molecule has 2 N–H and O–H groups in total. The van der Waals surface area contributed by atoms with Crippen molar-refractivity contribution in [3.63, 3.8) is 0 Å². The van der Waals surface area contributed by atoms with E-state index >= 15 is 0 Å². The Bertz CT molecular complexity index is 722. The predicted octanol–water partition coefficient (Wildman–Crippen LogP) is 1.90. The van der Waals surface area contributed by atoms with Crippen molar-refractivity contribution in [2.45, 2.75) is 6.61 Å². The number of hydrogen-bond acceptors (Lipinski definition) is 5. The van der Waals surface area contributed by atoms with Crippen molar-refractivity contribution in [3.8, 4) is 11.5 Å². The number of hydrogen-bond donors (Lipinski definition) is 1. The zero-order valence-electron chi connectivity index (χ0n) is 11.0. The highest BCUT2D eigenvalue weighted by atomic mass is 16.5. The second-order valence-corrected chi connectivity index (χ2v) is 4.21. The summed E-state index contributed by atoms with van der Waals surface area (Å²) in [6.07, 6.45) is 0. The Morgan fingerprint density at radius 2 is 1.85 bits per heavy atom. The van der Waals surface area contributed by atoms with E-state index in [0.717, 1.165) is 11.5 Å². The minimum absolute atomic E-state index is 0.285. The van der Waals surface area contributed by atoms with Crippen molar-refractivity contribution < 1.29 is 9.47 Å². The second kappa shape index (κ2) is 5.08. The van der Waals surface area contributed by atoms with Crippen molar-refractivity contribution >= 4 is 11.5 Å². The summed E-state index contributed by atoms with van der Waals surface area (Å²) in [5, 5.41) is 4.29. The number of aromatic nitrogens is 3. The van der Waals surface area contributed by atoms with Crippen LogP contribution >= 0.6 is 0 Å². The number of ether oxygens (including phenoxy) is 2. The zero-order chi connectivity index (χ0) is 13.9. The summed E-state index contributed by atoms with van der Waals surface area (Å²) >= 11 is 0. The summed E-state index contributed by atoms with van der Waals surface area (Å²) in [6, 6.07) is 12.8. The maximum absolute atomic E-state index is 5.81. The van der Waals surface area contributed by atoms with E-state index in [1.807, 2.05) is 36.4 Å². The van der Waals surface area contributed by atoms with Crippen LogP contribution in [0, 0.1) is 0 Å². The molecule has 3 rings (SSSR count). The maximum Gasteiger partial charge on any atom is 0.189 e. The molecule has 0 saturated heterocycles. The monoisotopic (exact) mass is 270 g/mol. The van der Waals surface area contributed by atoms with E-state index in [4.69, 9.17) is 15.2 Å². The largest absolute Gasteiger partial charge is 0.497 e. The Labute approximate surface area is 115 Å². The number of nitrogens with zero attached hydrogens (tertiary/aromatic N) is 3. The topological polar surface area (TPSA) is 74.7 Å². The van der Waals surface area contributed by atoms with Crippen molar-refractivity contribution in [3.05, 3.63) is 48.3 Å². The third-order valence-electron chi connectivity index (χ3n) is 2.86. The van der Waals surface area contributed by atoms with Gasteiger partial charge in [-0.15, -0.1) is 5.10 Å². The van der Waals surface area contributed by atoms with E-state index in [9.17, 15) is 0 Å². The summed E-state index contributed by atoms with van der Waals surface area (Å²) in [7, 11) is 1.63. The van der Waals surface area contributed by atoms with Crippen molar-refractivity contribution in [2.75, 3.05) is 12.8 Å². The first-order valence-corrected chi connectivity index (χ1v) is 6.13. The molecule has 0 aliphatic heterocycles. The van der Waals surface area contributed by atoms with Gasteiger partial charge in [0.05, 0.1) is 7.11 Å². The van der Waals surface area contributed by atoms with Gasteiger partial charge in [0.2, 0.25) is 0 Å². The zero-order valence-corrected chi connectivity index (χ0v) is 11.0. The quantitative estimate of drug-likeness (QED) is 0.783. The van der Waals surface area contributed by atoms with Gasteiger partial charge in [-0.05, 0) is 36.4 Å². The molecular formula is C14H14N4O2. The normalized spacial score (nSPS) is 10.7. The predicted molar refractivity (Wildman–Crippen MR) is 74.7 cm³/mol. The van der Waals surface area contributed by atoms with E-state index in [-0.39, 0.29) is 6.61 Å². The number of nitrogens with two attached hydrogens (primary N) is 1. The first kappa shape index (κ1) is 12.3. The van der Waals surface area contributed by atoms with Gasteiger partial charge in [-0.2, -0.15) is 4.52 Å². The number of nitrogen functional groups attached to an aromatic ring is 1. The Morgan fingerprint density at radius 3 is 2.55 bits per heavy atom. The summed E-state index contributed by atoms with van der Waals surface area (Å²) in [6.45, 7) is 0.285. The highest BCUT2D eigenvalue weighted by Crippen LogP contribution is 2.18. The Hall–Kier alpha value is -2.76. The van der Waals surface area contributed by atoms with E-state index < -0.39 is 0 Å². The first-order valence-electron chi connectivity index (χ1n) is 6.13. The standard InChI is InChI=1S/C14H14N4O2/c1-19-10-5-7-11(8-6-10)20-9-13-16-14-4-2-3-12(15)18(14)17-13/h2-8H,9,15H2,1H3. The molecule has 0 aliphatic carbocycles. The van der Waals surface area contributed by atoms with Gasteiger partial charge in [0.15, 0.2) is 11.5 Å². The van der Waals surface area contributed by atoms with Crippen LogP contribution in [-0.2, 0) is 6.61 Å². The number of anilines is 1. The van der Waals surface area contributed by atoms with Crippen LogP contribution in [0.25, 0.3) is 5.65 Å². The fourth-order valence-corrected chi connectivity index (χ4v) is 1.85. The smallest absolute Gasteiger partial charge is 0.189 e. The lowest BCUT2D eigenvalue weighted by Gasteiger charge is -2.04. The molecule has 0 amide bonds. The molecular weight excluding hydrogens is 256 g/mol. The fourth-order valence-electron chi connectivity index (χ4n) is 1.85. The molecule has 0 unspecified atom stereocenters. The molecule has 0 saturated carbocycles. The molecule has 0 bridgehead atoms. The van der Waals surface area contributed by atoms with E-state index in [1.165, 1.54) is 0 Å². The van der Waals surface area contributed by atoms with Crippen LogP contribution in [0.5, 0.6) is 11.5 Å². The van der Waals surface area contributed by atoms with Crippen LogP contribution in [-0.4, -0.2) is 21.7 Å². The van der Waals surface area contributed by atoms with Gasteiger partial charge < -0.3 is 15.2 Å². The van der Waals surface area contributed by atoms with Gasteiger partial charge in [0, 0.05) is 0 Å². The van der Waals surface area contributed by atoms with Gasteiger partial charge in [-0.1, -0.05) is 6.07 Å². The van der Waals surface area contributed by atoms with Crippen LogP contribution < -0.4 is 15.2 Å². The van der Waals surface area contributed by atoms with Crippen molar-refractivity contribution in [1.82, 2.24) is 14.6 Å².